The summed E-state index contributed by atoms with van der Waals surface area (Å²) in [5.41, 5.74) is 11.1. The molecule has 0 unspecified atom stereocenters. The molecule has 0 saturated carbocycles. The quantitative estimate of drug-likeness (QED) is 0.698. The Morgan fingerprint density at radius 3 is 2.15 bits per heavy atom. The Morgan fingerprint density at radius 2 is 1.60 bits per heavy atom. The van der Waals surface area contributed by atoms with Crippen LogP contribution in [0.25, 0.3) is 11.0 Å². The summed E-state index contributed by atoms with van der Waals surface area (Å²) < 4.78 is 2.87. The van der Waals surface area contributed by atoms with Gasteiger partial charge in [-0.3, -0.25) is 23.7 Å². The van der Waals surface area contributed by atoms with Gasteiger partial charge in [0.05, 0.1) is 17.2 Å². The minimum Gasteiger partial charge on any atom is -0.370 e. The first-order valence-electron chi connectivity index (χ1n) is 6.10. The number of nitrogens with two attached hydrogens (primary N) is 2. The van der Waals surface area contributed by atoms with Gasteiger partial charge >= 0.3 is 5.69 Å². The number of imidazole rings is 1. The summed E-state index contributed by atoms with van der Waals surface area (Å²) in [6, 6.07) is 1.68. The van der Waals surface area contributed by atoms with E-state index in [1.807, 2.05) is 0 Å². The maximum Gasteiger partial charge on any atom is 0.329 e. The van der Waals surface area contributed by atoms with Crippen LogP contribution in [-0.2, 0) is 22.7 Å². The molecule has 2 heterocycles. The van der Waals surface area contributed by atoms with E-state index in [1.54, 1.807) is 18.5 Å². The Kier molecular flexibility index (Phi) is 3.83. The smallest absolute Gasteiger partial charge is 0.329 e. The molecule has 2 rings (SSSR count). The van der Waals surface area contributed by atoms with Crippen molar-refractivity contribution in [3.05, 3.63) is 28.9 Å². The molecule has 2 aromatic rings. The summed E-state index contributed by atoms with van der Waals surface area (Å²) in [5, 5.41) is 0. The fourth-order valence-electron chi connectivity index (χ4n) is 2.04. The molecule has 0 aliphatic carbocycles. The van der Waals surface area contributed by atoms with E-state index in [0.717, 1.165) is 0 Å². The minimum atomic E-state index is -0.487. The van der Waals surface area contributed by atoms with Crippen molar-refractivity contribution >= 4 is 22.8 Å². The summed E-state index contributed by atoms with van der Waals surface area (Å²) >= 11 is 0. The third-order valence-corrected chi connectivity index (χ3v) is 2.98. The topological polar surface area (TPSA) is 126 Å². The first kappa shape index (κ1) is 13.8. The molecule has 0 fully saturated rings. The molecule has 0 radical (unpaired) electrons. The lowest BCUT2D eigenvalue weighted by molar-refractivity contribution is -0.119. The predicted octanol–water partition coefficient (Wildman–Crippen LogP) is -1.05. The van der Waals surface area contributed by atoms with E-state index >= 15 is 0 Å². The van der Waals surface area contributed by atoms with Gasteiger partial charge in [0.15, 0.2) is 0 Å². The lowest BCUT2D eigenvalue weighted by Crippen LogP contribution is -2.27. The zero-order valence-electron chi connectivity index (χ0n) is 10.8. The van der Waals surface area contributed by atoms with Gasteiger partial charge in [-0.15, -0.1) is 0 Å². The lowest BCUT2D eigenvalue weighted by atomic mass is 10.3. The maximum atomic E-state index is 12.3. The predicted molar refractivity (Wildman–Crippen MR) is 71.6 cm³/mol. The van der Waals surface area contributed by atoms with Crippen molar-refractivity contribution in [2.24, 2.45) is 11.5 Å². The molecule has 0 saturated heterocycles. The van der Waals surface area contributed by atoms with Gasteiger partial charge in [0.2, 0.25) is 11.8 Å². The fraction of sp³-hybridized carbons (Fsp3) is 0.333. The molecule has 8 nitrogen and oxygen atoms in total. The SMILES string of the molecule is NC(=O)CCn1c(=O)n(CCC(N)=O)c2cnccc21. The molecule has 0 spiro atoms. The molecule has 106 valence electrons. The third kappa shape index (κ3) is 2.68. The number of pyridine rings is 1. The summed E-state index contributed by atoms with van der Waals surface area (Å²) in [7, 11) is 0. The van der Waals surface area contributed by atoms with Crippen LogP contribution >= 0.6 is 0 Å². The third-order valence-electron chi connectivity index (χ3n) is 2.98. The zero-order chi connectivity index (χ0) is 14.7. The van der Waals surface area contributed by atoms with Gasteiger partial charge in [-0.2, -0.15) is 0 Å². The summed E-state index contributed by atoms with van der Waals surface area (Å²) in [6.45, 7) is 0.373. The van der Waals surface area contributed by atoms with E-state index in [4.69, 9.17) is 11.5 Å². The highest BCUT2D eigenvalue weighted by Gasteiger charge is 2.13. The second kappa shape index (κ2) is 5.55. The number of rotatable bonds is 6. The van der Waals surface area contributed by atoms with Gasteiger partial charge < -0.3 is 11.5 Å². The van der Waals surface area contributed by atoms with E-state index in [1.165, 1.54) is 9.13 Å². The number of hydrogen-bond acceptors (Lipinski definition) is 4. The Morgan fingerprint density at radius 1 is 1.05 bits per heavy atom. The number of aryl methyl sites for hydroxylation is 2. The molecule has 0 aliphatic rings. The summed E-state index contributed by atoms with van der Waals surface area (Å²) in [6.07, 6.45) is 3.22. The van der Waals surface area contributed by atoms with Crippen LogP contribution in [0.2, 0.25) is 0 Å². The minimum absolute atomic E-state index is 0.0593. The van der Waals surface area contributed by atoms with E-state index in [0.29, 0.717) is 11.0 Å². The first-order chi connectivity index (χ1) is 9.50. The van der Waals surface area contributed by atoms with Gasteiger partial charge in [-0.25, -0.2) is 4.79 Å². The van der Waals surface area contributed by atoms with Gasteiger partial charge in [0, 0.05) is 32.1 Å². The Labute approximate surface area is 114 Å². The van der Waals surface area contributed by atoms with Crippen LogP contribution in [0.4, 0.5) is 0 Å². The molecule has 20 heavy (non-hydrogen) atoms. The normalized spacial score (nSPS) is 10.8. The monoisotopic (exact) mass is 277 g/mol. The largest absolute Gasteiger partial charge is 0.370 e. The van der Waals surface area contributed by atoms with Crippen molar-refractivity contribution in [2.75, 3.05) is 0 Å². The fourth-order valence-corrected chi connectivity index (χ4v) is 2.04. The molecular weight excluding hydrogens is 262 g/mol. The molecule has 2 aromatic heterocycles. The molecule has 0 aliphatic heterocycles. The van der Waals surface area contributed by atoms with Crippen LogP contribution in [-0.4, -0.2) is 25.9 Å². The molecule has 0 aromatic carbocycles. The van der Waals surface area contributed by atoms with Gasteiger partial charge in [-0.05, 0) is 6.07 Å². The Hall–Kier alpha value is -2.64. The number of primary amides is 2. The first-order valence-corrected chi connectivity index (χ1v) is 6.10. The highest BCUT2D eigenvalue weighted by Crippen LogP contribution is 2.12. The van der Waals surface area contributed by atoms with E-state index < -0.39 is 11.8 Å². The van der Waals surface area contributed by atoms with E-state index in [9.17, 15) is 14.4 Å². The number of fused-ring (bicyclic) bond motifs is 1. The number of amides is 2. The maximum absolute atomic E-state index is 12.3. The average Bonchev–Trinajstić information content (AvgIpc) is 2.66. The van der Waals surface area contributed by atoms with Crippen LogP contribution in [0.5, 0.6) is 0 Å². The van der Waals surface area contributed by atoms with Gasteiger partial charge in [-0.1, -0.05) is 0 Å². The number of carbonyl (C=O) groups is 2. The second-order valence-electron chi connectivity index (χ2n) is 4.38. The van der Waals surface area contributed by atoms with Crippen molar-refractivity contribution in [3.8, 4) is 0 Å². The number of aromatic nitrogens is 3. The van der Waals surface area contributed by atoms with E-state index in [-0.39, 0.29) is 31.6 Å². The molecule has 4 N–H and O–H groups in total. The second-order valence-corrected chi connectivity index (χ2v) is 4.38. The van der Waals surface area contributed by atoms with Crippen molar-refractivity contribution in [1.82, 2.24) is 14.1 Å². The Balaban J connectivity index is 2.46. The van der Waals surface area contributed by atoms with E-state index in [2.05, 4.69) is 4.98 Å². The van der Waals surface area contributed by atoms with Crippen molar-refractivity contribution < 1.29 is 9.59 Å². The highest BCUT2D eigenvalue weighted by molar-refractivity contribution is 5.77. The van der Waals surface area contributed by atoms with Crippen LogP contribution in [0, 0.1) is 0 Å². The lowest BCUT2D eigenvalue weighted by Gasteiger charge is -2.00. The van der Waals surface area contributed by atoms with Gasteiger partial charge in [0.1, 0.15) is 0 Å². The molecule has 0 bridgehead atoms. The van der Waals surface area contributed by atoms with Gasteiger partial charge in [0.25, 0.3) is 0 Å². The molecule has 8 heteroatoms. The van der Waals surface area contributed by atoms with Crippen LogP contribution in [0.3, 0.4) is 0 Å². The van der Waals surface area contributed by atoms with Crippen molar-refractivity contribution in [3.63, 3.8) is 0 Å². The van der Waals surface area contributed by atoms with Crippen LogP contribution < -0.4 is 17.2 Å². The number of hydrogen-bond donors (Lipinski definition) is 2. The van der Waals surface area contributed by atoms with Crippen molar-refractivity contribution in [1.29, 1.82) is 0 Å². The highest BCUT2D eigenvalue weighted by atomic mass is 16.2. The number of carbonyl (C=O) groups excluding carboxylic acids is 2. The molecule has 0 atom stereocenters. The van der Waals surface area contributed by atoms with Crippen molar-refractivity contribution in [2.45, 2.75) is 25.9 Å². The molecule has 2 amide bonds. The standard InChI is InChI=1S/C12H15N5O3/c13-10(18)2-5-16-8-1-4-15-7-9(8)17(12(16)20)6-3-11(14)19/h1,4,7H,2-3,5-6H2,(H2,13,18)(H2,14,19). The van der Waals surface area contributed by atoms with Crippen LogP contribution in [0.15, 0.2) is 23.3 Å². The summed E-state index contributed by atoms with van der Waals surface area (Å²) in [5.74, 6) is -0.970. The average molecular weight is 277 g/mol. The molecular formula is C12H15N5O3. The Bertz CT molecular complexity index is 657. The number of nitrogens with zero attached hydrogens (tertiary/aromatic N) is 3. The van der Waals surface area contributed by atoms with Crippen LogP contribution in [0.1, 0.15) is 12.8 Å². The summed E-state index contributed by atoms with van der Waals surface area (Å²) in [4.78, 5) is 38.0. The zero-order valence-corrected chi connectivity index (χ0v) is 10.8.